The molecule has 0 N–H and O–H groups in total. The fourth-order valence-electron chi connectivity index (χ4n) is 2.30. The van der Waals surface area contributed by atoms with E-state index in [2.05, 4.69) is 19.9 Å². The summed E-state index contributed by atoms with van der Waals surface area (Å²) in [6.07, 6.45) is 6.85. The van der Waals surface area contributed by atoms with Crippen LogP contribution >= 0.6 is 11.3 Å². The molecule has 1 amide bonds. The molecule has 3 rings (SSSR count). The highest BCUT2D eigenvalue weighted by Gasteiger charge is 2.20. The number of thiazole rings is 1. The molecule has 0 radical (unpaired) electrons. The largest absolute Gasteiger partial charge is 0.337 e. The van der Waals surface area contributed by atoms with Crippen molar-refractivity contribution >= 4 is 29.3 Å². The Hall–Kier alpha value is -2.28. The molecule has 0 aliphatic carbocycles. The van der Waals surface area contributed by atoms with Crippen LogP contribution in [0.2, 0.25) is 0 Å². The van der Waals surface area contributed by atoms with Crippen molar-refractivity contribution in [3.8, 4) is 0 Å². The number of hydrogen-bond donors (Lipinski definition) is 0. The fourth-order valence-corrected chi connectivity index (χ4v) is 2.88. The lowest BCUT2D eigenvalue weighted by Gasteiger charge is -2.34. The summed E-state index contributed by atoms with van der Waals surface area (Å²) in [5, 5.41) is 2.95. The first-order valence-corrected chi connectivity index (χ1v) is 8.01. The molecule has 114 valence electrons. The topological polar surface area (TPSA) is 62.2 Å². The normalized spacial score (nSPS) is 15.5. The van der Waals surface area contributed by atoms with E-state index in [-0.39, 0.29) is 5.91 Å². The molecule has 1 aliphatic heterocycles. The first kappa shape index (κ1) is 14.6. The van der Waals surface area contributed by atoms with E-state index < -0.39 is 0 Å². The van der Waals surface area contributed by atoms with Crippen LogP contribution in [0.1, 0.15) is 10.7 Å². The second kappa shape index (κ2) is 6.65. The van der Waals surface area contributed by atoms with E-state index in [1.54, 1.807) is 41.9 Å². The molecule has 22 heavy (non-hydrogen) atoms. The first-order valence-electron chi connectivity index (χ1n) is 7.13. The van der Waals surface area contributed by atoms with Gasteiger partial charge in [0.15, 0.2) is 0 Å². The number of rotatable bonds is 3. The van der Waals surface area contributed by atoms with Gasteiger partial charge in [-0.15, -0.1) is 11.3 Å². The van der Waals surface area contributed by atoms with Gasteiger partial charge in [-0.1, -0.05) is 0 Å². The summed E-state index contributed by atoms with van der Waals surface area (Å²) in [5.41, 5.74) is 0.840. The van der Waals surface area contributed by atoms with Crippen LogP contribution in [0.25, 0.3) is 6.08 Å². The number of aryl methyl sites for hydroxylation is 1. The van der Waals surface area contributed by atoms with Gasteiger partial charge in [-0.2, -0.15) is 0 Å². The molecular weight excluding hydrogens is 298 g/mol. The number of aromatic nitrogens is 3. The standard InChI is InChI=1S/C15H17N5OS/c1-12-18-13(11-22-12)3-4-14(21)19-7-9-20(10-8-19)15-16-5-2-6-17-15/h2-6,11H,7-10H2,1H3/b4-3+. The van der Waals surface area contributed by atoms with Crippen molar-refractivity contribution < 1.29 is 4.79 Å². The molecule has 0 aromatic carbocycles. The molecule has 3 heterocycles. The van der Waals surface area contributed by atoms with Gasteiger partial charge in [0.1, 0.15) is 0 Å². The molecule has 1 fully saturated rings. The molecule has 1 saturated heterocycles. The van der Waals surface area contributed by atoms with Gasteiger partial charge in [0.2, 0.25) is 11.9 Å². The monoisotopic (exact) mass is 315 g/mol. The lowest BCUT2D eigenvalue weighted by Crippen LogP contribution is -2.48. The summed E-state index contributed by atoms with van der Waals surface area (Å²) in [4.78, 5) is 28.9. The number of amides is 1. The SMILES string of the molecule is Cc1nc(/C=C/C(=O)N2CCN(c3ncccn3)CC2)cs1. The van der Waals surface area contributed by atoms with Crippen LogP contribution in [0.5, 0.6) is 0 Å². The average Bonchev–Trinajstić information content (AvgIpc) is 2.99. The maximum atomic E-state index is 12.2. The van der Waals surface area contributed by atoms with E-state index in [1.165, 1.54) is 0 Å². The van der Waals surface area contributed by atoms with Gasteiger partial charge in [-0.05, 0) is 19.1 Å². The minimum atomic E-state index is 0.0271. The molecule has 1 aliphatic rings. The zero-order valence-electron chi connectivity index (χ0n) is 12.3. The minimum absolute atomic E-state index is 0.0271. The Morgan fingerprint density at radius 2 is 1.95 bits per heavy atom. The van der Waals surface area contributed by atoms with Crippen molar-refractivity contribution in [2.24, 2.45) is 0 Å². The molecule has 0 spiro atoms. The molecule has 0 atom stereocenters. The predicted molar refractivity (Wildman–Crippen MR) is 86.7 cm³/mol. The molecule has 7 heteroatoms. The number of carbonyl (C=O) groups excluding carboxylic acids is 1. The zero-order valence-corrected chi connectivity index (χ0v) is 13.2. The van der Waals surface area contributed by atoms with Crippen molar-refractivity contribution in [3.63, 3.8) is 0 Å². The molecule has 0 saturated carbocycles. The molecule has 0 unspecified atom stereocenters. The third-order valence-electron chi connectivity index (χ3n) is 3.46. The summed E-state index contributed by atoms with van der Waals surface area (Å²) in [6.45, 7) is 4.81. The maximum Gasteiger partial charge on any atom is 0.246 e. The van der Waals surface area contributed by atoms with Gasteiger partial charge < -0.3 is 9.80 Å². The predicted octanol–water partition coefficient (Wildman–Crippen LogP) is 1.60. The van der Waals surface area contributed by atoms with Gasteiger partial charge in [0.05, 0.1) is 10.7 Å². The van der Waals surface area contributed by atoms with E-state index in [0.29, 0.717) is 13.1 Å². The third kappa shape index (κ3) is 3.48. The molecule has 2 aromatic heterocycles. The van der Waals surface area contributed by atoms with Crippen LogP contribution < -0.4 is 4.90 Å². The highest BCUT2D eigenvalue weighted by molar-refractivity contribution is 7.09. The molecule has 2 aromatic rings. The van der Waals surface area contributed by atoms with Crippen LogP contribution in [-0.2, 0) is 4.79 Å². The quantitative estimate of drug-likeness (QED) is 0.805. The van der Waals surface area contributed by atoms with E-state index in [4.69, 9.17) is 0 Å². The Balaban J connectivity index is 1.55. The smallest absolute Gasteiger partial charge is 0.246 e. The van der Waals surface area contributed by atoms with E-state index in [9.17, 15) is 4.79 Å². The Labute approximate surface area is 133 Å². The van der Waals surface area contributed by atoms with E-state index in [0.717, 1.165) is 29.7 Å². The summed E-state index contributed by atoms with van der Waals surface area (Å²) in [5.74, 6) is 0.752. The Bertz CT molecular complexity index is 662. The third-order valence-corrected chi connectivity index (χ3v) is 4.25. The fraction of sp³-hybridized carbons (Fsp3) is 0.333. The summed E-state index contributed by atoms with van der Waals surface area (Å²) >= 11 is 1.58. The summed E-state index contributed by atoms with van der Waals surface area (Å²) in [6, 6.07) is 1.80. The van der Waals surface area contributed by atoms with Crippen LogP contribution in [-0.4, -0.2) is 51.9 Å². The highest BCUT2D eigenvalue weighted by Crippen LogP contribution is 2.12. The van der Waals surface area contributed by atoms with Gasteiger partial charge in [-0.3, -0.25) is 4.79 Å². The van der Waals surface area contributed by atoms with Crippen LogP contribution in [0, 0.1) is 6.92 Å². The van der Waals surface area contributed by atoms with Gasteiger partial charge >= 0.3 is 0 Å². The van der Waals surface area contributed by atoms with Crippen molar-refractivity contribution in [3.05, 3.63) is 40.6 Å². The minimum Gasteiger partial charge on any atom is -0.337 e. The number of anilines is 1. The molecule has 0 bridgehead atoms. The summed E-state index contributed by atoms with van der Waals surface area (Å²) < 4.78 is 0. The zero-order chi connectivity index (χ0) is 15.4. The van der Waals surface area contributed by atoms with Crippen molar-refractivity contribution in [1.82, 2.24) is 19.9 Å². The number of nitrogens with zero attached hydrogens (tertiary/aromatic N) is 5. The Kier molecular flexibility index (Phi) is 4.43. The first-order chi connectivity index (χ1) is 10.7. The van der Waals surface area contributed by atoms with Crippen LogP contribution in [0.3, 0.4) is 0 Å². The van der Waals surface area contributed by atoms with Crippen molar-refractivity contribution in [2.45, 2.75) is 6.92 Å². The van der Waals surface area contributed by atoms with Gasteiger partial charge in [0.25, 0.3) is 0 Å². The second-order valence-electron chi connectivity index (χ2n) is 4.99. The van der Waals surface area contributed by atoms with Gasteiger partial charge in [-0.25, -0.2) is 15.0 Å². The Morgan fingerprint density at radius 1 is 1.23 bits per heavy atom. The number of hydrogen-bond acceptors (Lipinski definition) is 6. The number of piperazine rings is 1. The number of carbonyl (C=O) groups is 1. The second-order valence-corrected chi connectivity index (χ2v) is 6.05. The average molecular weight is 315 g/mol. The summed E-state index contributed by atoms with van der Waals surface area (Å²) in [7, 11) is 0. The highest BCUT2D eigenvalue weighted by atomic mass is 32.1. The molecule has 6 nitrogen and oxygen atoms in total. The maximum absolute atomic E-state index is 12.2. The van der Waals surface area contributed by atoms with E-state index in [1.807, 2.05) is 17.2 Å². The van der Waals surface area contributed by atoms with Crippen LogP contribution in [0.4, 0.5) is 5.95 Å². The van der Waals surface area contributed by atoms with E-state index >= 15 is 0 Å². The molecular formula is C15H17N5OS. The van der Waals surface area contributed by atoms with Crippen molar-refractivity contribution in [2.75, 3.05) is 31.1 Å². The van der Waals surface area contributed by atoms with Gasteiger partial charge in [0, 0.05) is 50.0 Å². The van der Waals surface area contributed by atoms with Crippen molar-refractivity contribution in [1.29, 1.82) is 0 Å². The Morgan fingerprint density at radius 3 is 2.59 bits per heavy atom. The lowest BCUT2D eigenvalue weighted by atomic mass is 10.3. The van der Waals surface area contributed by atoms with Crippen LogP contribution in [0.15, 0.2) is 29.9 Å². The lowest BCUT2D eigenvalue weighted by molar-refractivity contribution is -0.126.